The van der Waals surface area contributed by atoms with Crippen LogP contribution in [0, 0.1) is 18.8 Å². The first-order valence-electron chi connectivity index (χ1n) is 17.5. The molecule has 51 heavy (non-hydrogen) atoms. The Morgan fingerprint density at radius 3 is 2.16 bits per heavy atom. The third-order valence-corrected chi connectivity index (χ3v) is 10.3. The van der Waals surface area contributed by atoms with Gasteiger partial charge in [0, 0.05) is 46.9 Å². The summed E-state index contributed by atoms with van der Waals surface area (Å²) >= 11 is 0. The normalized spacial score (nSPS) is 20.8. The molecule has 2 aliphatic rings. The molecule has 2 aliphatic carbocycles. The second kappa shape index (κ2) is 17.0. The zero-order chi connectivity index (χ0) is 35.2. The van der Waals surface area contributed by atoms with E-state index in [9.17, 15) is 14.4 Å². The van der Waals surface area contributed by atoms with Crippen LogP contribution in [0.25, 0.3) is 22.5 Å². The van der Waals surface area contributed by atoms with Crippen LogP contribution in [0.5, 0.6) is 0 Å². The van der Waals surface area contributed by atoms with Crippen LogP contribution in [-0.4, -0.2) is 68.0 Å². The molecule has 270 valence electrons. The minimum atomic E-state index is -0.919. The standard InChI is InChI=1S/C37H46N10O3.ClH/c1-22-31(18-19-32(41-22)36(49)42-29-14-12-28(39)13-15-29)25-6-2-23(3-7-25)20-33(34(40)48)47(37(50)27-8-4-24(21-38)5-9-27)30-16-10-26(11-17-30)35-43-45-46-44-35;/h2-3,6-7,10-11,16-19,24,27-29,33H,4-5,8-9,12-15,20-21,38-39H2,1H3,(H2,40,48)(H,42,49)(H,43,44,45,46);1H/t24-,27-,28-,29-,33-;/m0./s1. The number of hydrogen-bond acceptors (Lipinski definition) is 9. The van der Waals surface area contributed by atoms with Gasteiger partial charge in [0.25, 0.3) is 5.91 Å². The molecule has 14 heteroatoms. The maximum atomic E-state index is 14.2. The number of aryl methyl sites for hydroxylation is 1. The molecule has 2 saturated carbocycles. The highest BCUT2D eigenvalue weighted by atomic mass is 35.5. The van der Waals surface area contributed by atoms with E-state index >= 15 is 0 Å². The summed E-state index contributed by atoms with van der Waals surface area (Å²) in [4.78, 5) is 46.5. The zero-order valence-electron chi connectivity index (χ0n) is 28.8. The lowest BCUT2D eigenvalue weighted by Gasteiger charge is -2.35. The Morgan fingerprint density at radius 1 is 0.902 bits per heavy atom. The van der Waals surface area contributed by atoms with Gasteiger partial charge in [0.2, 0.25) is 17.6 Å². The first-order chi connectivity index (χ1) is 24.2. The van der Waals surface area contributed by atoms with Crippen molar-refractivity contribution in [2.75, 3.05) is 11.4 Å². The van der Waals surface area contributed by atoms with Crippen LogP contribution in [0.3, 0.4) is 0 Å². The minimum absolute atomic E-state index is 0. The molecular weight excluding hydrogens is 668 g/mol. The number of nitrogens with zero attached hydrogens (tertiary/aromatic N) is 5. The van der Waals surface area contributed by atoms with E-state index in [1.807, 2.05) is 37.3 Å². The van der Waals surface area contributed by atoms with Gasteiger partial charge >= 0.3 is 0 Å². The van der Waals surface area contributed by atoms with Gasteiger partial charge in [-0.2, -0.15) is 5.21 Å². The van der Waals surface area contributed by atoms with Gasteiger partial charge in [0.05, 0.1) is 0 Å². The van der Waals surface area contributed by atoms with Gasteiger partial charge in [0.1, 0.15) is 11.7 Å². The molecule has 2 aromatic carbocycles. The third-order valence-electron chi connectivity index (χ3n) is 10.3. The van der Waals surface area contributed by atoms with Gasteiger partial charge in [0.15, 0.2) is 0 Å². The number of carbonyl (C=O) groups is 3. The van der Waals surface area contributed by atoms with Crippen LogP contribution in [0.15, 0.2) is 60.7 Å². The first-order valence-corrected chi connectivity index (χ1v) is 17.5. The molecule has 8 N–H and O–H groups in total. The molecule has 1 atom stereocenters. The van der Waals surface area contributed by atoms with E-state index in [1.54, 1.807) is 35.2 Å². The molecular formula is C37H47ClN10O3. The fourth-order valence-electron chi connectivity index (χ4n) is 7.24. The first kappa shape index (κ1) is 37.5. The van der Waals surface area contributed by atoms with Crippen LogP contribution in [0.2, 0.25) is 0 Å². The van der Waals surface area contributed by atoms with Gasteiger partial charge in [-0.3, -0.25) is 19.3 Å². The average molecular weight is 715 g/mol. The van der Waals surface area contributed by atoms with Crippen molar-refractivity contribution < 1.29 is 14.4 Å². The fraction of sp³-hybridized carbons (Fsp3) is 0.432. The Kier molecular flexibility index (Phi) is 12.5. The van der Waals surface area contributed by atoms with E-state index in [0.717, 1.165) is 66.5 Å². The number of tetrazole rings is 1. The maximum Gasteiger partial charge on any atom is 0.270 e. The summed E-state index contributed by atoms with van der Waals surface area (Å²) in [6.07, 6.45) is 6.97. The van der Waals surface area contributed by atoms with Crippen molar-refractivity contribution in [3.63, 3.8) is 0 Å². The number of aromatic nitrogens is 5. The summed E-state index contributed by atoms with van der Waals surface area (Å²) < 4.78 is 0. The van der Waals surface area contributed by atoms with Gasteiger partial charge in [-0.1, -0.05) is 30.3 Å². The molecule has 0 saturated heterocycles. The molecule has 2 heterocycles. The van der Waals surface area contributed by atoms with Gasteiger partial charge in [-0.05, 0) is 117 Å². The van der Waals surface area contributed by atoms with Crippen LogP contribution in [0.4, 0.5) is 5.69 Å². The zero-order valence-corrected chi connectivity index (χ0v) is 29.6. The van der Waals surface area contributed by atoms with E-state index in [2.05, 4.69) is 30.9 Å². The predicted molar refractivity (Wildman–Crippen MR) is 198 cm³/mol. The number of aromatic amines is 1. The SMILES string of the molecule is Cc1nc(C(=O)N[C@H]2CC[C@H](N)CC2)ccc1-c1ccc(C[C@@H](C(N)=O)N(c2ccc(-c3nn[nH]n3)cc2)C(=O)[C@H]2CC[C@H](CN)CC2)cc1.Cl. The van der Waals surface area contributed by atoms with Crippen molar-refractivity contribution in [2.24, 2.45) is 29.0 Å². The number of amides is 3. The number of benzene rings is 2. The number of pyridine rings is 1. The molecule has 0 unspecified atom stereocenters. The average Bonchev–Trinajstić information content (AvgIpc) is 3.68. The predicted octanol–water partition coefficient (Wildman–Crippen LogP) is 3.85. The van der Waals surface area contributed by atoms with Crippen LogP contribution in [-0.2, 0) is 16.0 Å². The summed E-state index contributed by atoms with van der Waals surface area (Å²) in [5, 5.41) is 17.2. The number of H-pyrrole nitrogens is 1. The van der Waals surface area contributed by atoms with Crippen LogP contribution < -0.4 is 27.4 Å². The molecule has 0 spiro atoms. The second-order valence-electron chi connectivity index (χ2n) is 13.7. The monoisotopic (exact) mass is 714 g/mol. The Bertz CT molecular complexity index is 1770. The van der Waals surface area contributed by atoms with Crippen molar-refractivity contribution in [1.29, 1.82) is 0 Å². The fourth-order valence-corrected chi connectivity index (χ4v) is 7.24. The molecule has 0 bridgehead atoms. The number of rotatable bonds is 11. The quantitative estimate of drug-likeness (QED) is 0.152. The number of carbonyl (C=O) groups excluding carboxylic acids is 3. The minimum Gasteiger partial charge on any atom is -0.368 e. The second-order valence-corrected chi connectivity index (χ2v) is 13.7. The highest BCUT2D eigenvalue weighted by Crippen LogP contribution is 2.33. The number of halogens is 1. The van der Waals surface area contributed by atoms with Crippen molar-refractivity contribution in [1.82, 2.24) is 30.9 Å². The van der Waals surface area contributed by atoms with Crippen molar-refractivity contribution in [2.45, 2.75) is 82.8 Å². The molecule has 0 aliphatic heterocycles. The highest BCUT2D eigenvalue weighted by molar-refractivity contribution is 6.02. The molecule has 2 aromatic heterocycles. The smallest absolute Gasteiger partial charge is 0.270 e. The molecule has 13 nitrogen and oxygen atoms in total. The summed E-state index contributed by atoms with van der Waals surface area (Å²) in [5.41, 5.74) is 23.1. The molecule has 2 fully saturated rings. The molecule has 4 aromatic rings. The lowest BCUT2D eigenvalue weighted by Crippen LogP contribution is -2.52. The Balaban J connectivity index is 0.00000504. The highest BCUT2D eigenvalue weighted by Gasteiger charge is 2.36. The summed E-state index contributed by atoms with van der Waals surface area (Å²) in [6, 6.07) is 18.1. The maximum absolute atomic E-state index is 14.2. The Labute approximate surface area is 303 Å². The number of primary amides is 1. The number of nitrogens with two attached hydrogens (primary N) is 3. The number of hydrogen-bond donors (Lipinski definition) is 5. The third kappa shape index (κ3) is 8.96. The number of nitrogens with one attached hydrogen (secondary N) is 2. The Morgan fingerprint density at radius 2 is 1.57 bits per heavy atom. The van der Waals surface area contributed by atoms with Gasteiger partial charge in [-0.15, -0.1) is 22.6 Å². The van der Waals surface area contributed by atoms with Crippen molar-refractivity contribution >= 4 is 35.8 Å². The van der Waals surface area contributed by atoms with Gasteiger partial charge < -0.3 is 22.5 Å². The summed E-state index contributed by atoms with van der Waals surface area (Å²) in [5.74, 6) is -0.295. The van der Waals surface area contributed by atoms with E-state index in [0.29, 0.717) is 42.5 Å². The molecule has 0 radical (unpaired) electrons. The van der Waals surface area contributed by atoms with E-state index in [-0.39, 0.29) is 48.6 Å². The largest absolute Gasteiger partial charge is 0.368 e. The lowest BCUT2D eigenvalue weighted by molar-refractivity contribution is -0.127. The number of anilines is 1. The summed E-state index contributed by atoms with van der Waals surface area (Å²) in [6.45, 7) is 2.49. The van der Waals surface area contributed by atoms with E-state index in [4.69, 9.17) is 17.2 Å². The van der Waals surface area contributed by atoms with Crippen LogP contribution >= 0.6 is 12.4 Å². The van der Waals surface area contributed by atoms with Crippen molar-refractivity contribution in [3.05, 3.63) is 77.6 Å². The topological polar surface area (TPSA) is 212 Å². The van der Waals surface area contributed by atoms with Crippen LogP contribution in [0.1, 0.15) is 73.1 Å². The molecule has 6 rings (SSSR count). The van der Waals surface area contributed by atoms with Crippen molar-refractivity contribution in [3.8, 4) is 22.5 Å². The van der Waals surface area contributed by atoms with E-state index < -0.39 is 11.9 Å². The van der Waals surface area contributed by atoms with Gasteiger partial charge in [-0.25, -0.2) is 4.98 Å². The summed E-state index contributed by atoms with van der Waals surface area (Å²) in [7, 11) is 0. The lowest BCUT2D eigenvalue weighted by atomic mass is 9.81. The van der Waals surface area contributed by atoms with E-state index in [1.165, 1.54) is 0 Å². The molecule has 3 amide bonds. The Hall–Kier alpha value is -4.72.